The van der Waals surface area contributed by atoms with Crippen molar-refractivity contribution >= 4 is 68.7 Å². The van der Waals surface area contributed by atoms with Crippen LogP contribution in [0.4, 0.5) is 5.69 Å². The quantitative estimate of drug-likeness (QED) is 0.0103. The lowest BCUT2D eigenvalue weighted by Gasteiger charge is -2.45. The molecule has 4 fully saturated rings. The summed E-state index contributed by atoms with van der Waals surface area (Å²) in [5.41, 5.74) is 3.22. The highest BCUT2D eigenvalue weighted by Gasteiger charge is 2.56. The smallest absolute Gasteiger partial charge is 0.314 e. The van der Waals surface area contributed by atoms with Crippen LogP contribution in [0.5, 0.6) is 0 Å². The average Bonchev–Trinajstić information content (AvgIpc) is 2.84. The van der Waals surface area contributed by atoms with Crippen LogP contribution in [0, 0.1) is 11.8 Å². The number of para-hydroxylation sites is 1. The molecule has 0 saturated carbocycles. The van der Waals surface area contributed by atoms with Crippen molar-refractivity contribution in [2.75, 3.05) is 89.7 Å². The zero-order valence-electron chi connectivity index (χ0n) is 49.4. The average molecular weight is 1310 g/mol. The molecule has 5 heterocycles. The van der Waals surface area contributed by atoms with Crippen LogP contribution in [-0.2, 0) is 78.0 Å². The molecule has 0 radical (unpaired) electrons. The van der Waals surface area contributed by atoms with Crippen molar-refractivity contribution in [3.8, 4) is 11.8 Å². The van der Waals surface area contributed by atoms with Crippen molar-refractivity contribution in [2.45, 2.75) is 149 Å². The van der Waals surface area contributed by atoms with Gasteiger partial charge in [-0.25, -0.2) is 0 Å². The van der Waals surface area contributed by atoms with E-state index in [2.05, 4.69) is 33.1 Å². The highest BCUT2D eigenvalue weighted by molar-refractivity contribution is 8.76. The maximum Gasteiger partial charge on any atom is 0.314 e. The summed E-state index contributed by atoms with van der Waals surface area (Å²) in [6.07, 6.45) is -23.5. The number of nitrogens with one attached hydrogen (secondary N) is 4. The monoisotopic (exact) mass is 1310 g/mol. The van der Waals surface area contributed by atoms with Gasteiger partial charge in [-0.05, 0) is 30.2 Å². The Balaban J connectivity index is 0.694. The molecule has 2 aromatic rings. The predicted octanol–water partition coefficient (Wildman–Crippen LogP) is -4.62. The first-order valence-electron chi connectivity index (χ1n) is 29.5. The molecule has 0 bridgehead atoms. The molecule has 4 saturated heterocycles. The number of aliphatic hydroxyl groups is 9. The van der Waals surface area contributed by atoms with Crippen LogP contribution in [0.15, 0.2) is 48.5 Å². The number of ether oxygens (including phenoxy) is 8. The van der Waals surface area contributed by atoms with Gasteiger partial charge in [-0.15, -0.1) is 0 Å². The van der Waals surface area contributed by atoms with Gasteiger partial charge in [-0.1, -0.05) is 70.7 Å². The van der Waals surface area contributed by atoms with E-state index in [-0.39, 0.29) is 127 Å². The number of fused-ring (bicyclic) bond motifs is 3. The second-order valence-electron chi connectivity index (χ2n) is 21.6. The largest absolute Gasteiger partial charge is 0.463 e. The highest BCUT2D eigenvalue weighted by Crippen LogP contribution is 2.33. The third-order valence-electron chi connectivity index (χ3n) is 15.1. The summed E-state index contributed by atoms with van der Waals surface area (Å²) >= 11 is 0. The summed E-state index contributed by atoms with van der Waals surface area (Å²) in [5, 5.41) is 105. The number of rotatable bonds is 34. The molecule has 32 heteroatoms. The number of hydrogen-bond donors (Lipinski definition) is 13. The summed E-state index contributed by atoms with van der Waals surface area (Å²) in [7, 11) is 2.67. The van der Waals surface area contributed by atoms with E-state index in [0.717, 1.165) is 21.6 Å². The lowest BCUT2D eigenvalue weighted by molar-refractivity contribution is -0.350. The summed E-state index contributed by atoms with van der Waals surface area (Å²) in [6, 6.07) is 13.8. The fraction of sp³-hybridized carbons (Fsp3) is 0.638. The van der Waals surface area contributed by atoms with Crippen molar-refractivity contribution in [3.05, 3.63) is 65.2 Å². The first-order valence-corrected chi connectivity index (χ1v) is 31.9. The molecule has 6 amide bonds. The Hall–Kier alpha value is -5.65. The molecule has 498 valence electrons. The van der Waals surface area contributed by atoms with Crippen molar-refractivity contribution in [3.63, 3.8) is 0 Å². The Bertz CT molecular complexity index is 2780. The van der Waals surface area contributed by atoms with Crippen LogP contribution in [0.2, 0.25) is 0 Å². The molecular formula is C58H80N6O24S2. The molecule has 5 aliphatic heterocycles. The fourth-order valence-corrected chi connectivity index (χ4v) is 12.4. The minimum atomic E-state index is -1.92. The van der Waals surface area contributed by atoms with Crippen LogP contribution >= 0.6 is 21.6 Å². The number of anilines is 1. The third kappa shape index (κ3) is 20.4. The van der Waals surface area contributed by atoms with E-state index in [1.54, 1.807) is 4.90 Å². The Morgan fingerprint density at radius 3 is 1.98 bits per heavy atom. The number of piperidine rings is 1. The number of benzene rings is 2. The fourth-order valence-electron chi connectivity index (χ4n) is 10.0. The maximum absolute atomic E-state index is 13.4. The van der Waals surface area contributed by atoms with Crippen LogP contribution in [0.3, 0.4) is 0 Å². The number of carbonyl (C=O) groups excluding carboxylic acids is 7. The first-order chi connectivity index (χ1) is 43.2. The topological polar surface area (TPSA) is 430 Å². The molecule has 2 aromatic carbocycles. The minimum Gasteiger partial charge on any atom is -0.463 e. The van der Waals surface area contributed by atoms with Gasteiger partial charge in [0.2, 0.25) is 23.6 Å². The van der Waals surface area contributed by atoms with Crippen LogP contribution in [-0.4, -0.2) is 274 Å². The van der Waals surface area contributed by atoms with Gasteiger partial charge in [-0.3, -0.25) is 33.6 Å². The van der Waals surface area contributed by atoms with Crippen LogP contribution in [0.25, 0.3) is 0 Å². The van der Waals surface area contributed by atoms with Gasteiger partial charge < -0.3 is 115 Å². The Kier molecular flexibility index (Phi) is 28.7. The normalized spacial score (nSPS) is 28.2. The van der Waals surface area contributed by atoms with E-state index >= 15 is 0 Å². The molecular weight excluding hydrogens is 1230 g/mol. The van der Waals surface area contributed by atoms with Gasteiger partial charge >= 0.3 is 17.8 Å². The third-order valence-corrected chi connectivity index (χ3v) is 18.1. The molecule has 1 unspecified atom stereocenters. The number of esters is 1. The molecule has 0 spiro atoms. The molecule has 7 rings (SSSR count). The Labute approximate surface area is 526 Å². The summed E-state index contributed by atoms with van der Waals surface area (Å²) in [6.45, 7) is 2.86. The van der Waals surface area contributed by atoms with Crippen molar-refractivity contribution in [1.82, 2.24) is 26.2 Å². The number of nitrogens with zero attached hydrogens (tertiary/aromatic N) is 2. The highest BCUT2D eigenvalue weighted by atomic mass is 33.1. The molecule has 13 N–H and O–H groups in total. The van der Waals surface area contributed by atoms with Gasteiger partial charge in [0.15, 0.2) is 12.6 Å². The minimum absolute atomic E-state index is 0.000403. The van der Waals surface area contributed by atoms with E-state index in [0.29, 0.717) is 18.7 Å². The van der Waals surface area contributed by atoms with E-state index in [1.165, 1.54) is 21.6 Å². The first kappa shape index (κ1) is 71.8. The molecule has 0 aliphatic carbocycles. The number of hydrogen-bond acceptors (Lipinski definition) is 26. The molecule has 5 aliphatic rings. The molecule has 30 nitrogen and oxygen atoms in total. The van der Waals surface area contributed by atoms with Crippen molar-refractivity contribution in [2.24, 2.45) is 0 Å². The second-order valence-corrected chi connectivity index (χ2v) is 24.5. The number of carbonyl (C=O) groups is 7. The lowest BCUT2D eigenvalue weighted by atomic mass is 9.92. The zero-order chi connectivity index (χ0) is 64.9. The van der Waals surface area contributed by atoms with Gasteiger partial charge in [-0.2, -0.15) is 0 Å². The SMILES string of the molecule is CC(CCC(=O)NC[C@H]1O[C@@H](O)[C@H](O)[C@@H](O)[C@@H]1O[C@@H]1O[C@H](CNC(=O)CCOCCOCCOCCOCCNC(=O)CCC(=O)N2Cc3ccccc3C#Cc3ccccc32)[C@@H](O)[C@H](O)[C@H]1O)SSCCC(=O)OC[C@@H]1[C@@H](O)[C@H](O)[C@H](O)[C@H]2NC(=O)C(=O)N12. The summed E-state index contributed by atoms with van der Waals surface area (Å²) in [4.78, 5) is 90.8. The van der Waals surface area contributed by atoms with E-state index < -0.39 is 128 Å². The summed E-state index contributed by atoms with van der Waals surface area (Å²) in [5.74, 6) is 2.38. The zero-order valence-corrected chi connectivity index (χ0v) is 51.0. The predicted molar refractivity (Wildman–Crippen MR) is 316 cm³/mol. The van der Waals surface area contributed by atoms with E-state index in [9.17, 15) is 79.5 Å². The van der Waals surface area contributed by atoms with Crippen molar-refractivity contribution in [1.29, 1.82) is 0 Å². The number of aliphatic hydroxyl groups excluding tert-OH is 9. The second kappa shape index (κ2) is 36.0. The van der Waals surface area contributed by atoms with Crippen molar-refractivity contribution < 1.29 is 117 Å². The number of amides is 6. The molecule has 0 aromatic heterocycles. The van der Waals surface area contributed by atoms with E-state index in [4.69, 9.17) is 37.9 Å². The lowest BCUT2D eigenvalue weighted by Crippen LogP contribution is -2.68. The van der Waals surface area contributed by atoms with Gasteiger partial charge in [0, 0.05) is 67.4 Å². The van der Waals surface area contributed by atoms with Gasteiger partial charge in [0.05, 0.1) is 77.5 Å². The molecule has 90 heavy (non-hydrogen) atoms. The Morgan fingerprint density at radius 2 is 1.26 bits per heavy atom. The van der Waals surface area contributed by atoms with Crippen LogP contribution < -0.4 is 26.2 Å². The maximum atomic E-state index is 13.4. The van der Waals surface area contributed by atoms with Crippen LogP contribution in [0.1, 0.15) is 62.1 Å². The summed E-state index contributed by atoms with van der Waals surface area (Å²) < 4.78 is 44.2. The van der Waals surface area contributed by atoms with E-state index in [1.807, 2.05) is 55.5 Å². The van der Waals surface area contributed by atoms with Gasteiger partial charge in [0.25, 0.3) is 0 Å². The van der Waals surface area contributed by atoms with Gasteiger partial charge in [0.1, 0.15) is 79.9 Å². The Morgan fingerprint density at radius 1 is 0.644 bits per heavy atom. The standard InChI is InChI=1S/C58H80N6O24S2/c1-32(90-89-27-17-44(69)85-31-37-45(70)47(72)50(75)54-62-55(78)56(79)64(37)54)10-13-41(66)61-29-39-53(49(74)51(76)57(80)86-39)88-58-52(77)48(73)46(71)38(87-58)28-60-42(67)16-19-81-21-23-83-25-26-84-24-22-82-20-18-59-40(65)14-15-43(68)63-30-35-8-3-2-6-33(35)11-12-34-7-4-5-9-36(34)63/h2-9,32,37-39,45-54,57-58,70-77,80H,10,13-31H2,1H3,(H,59,65)(H,60,67)(H,61,66)(H,62,78)/t32?,37-,38-,39-,45-,46-,47+,48+,49-,50+,51-,52-,53-,54+,57-,58+/m1/s1. The molecule has 16 atom stereocenters.